The summed E-state index contributed by atoms with van der Waals surface area (Å²) in [6.07, 6.45) is -3.11. The maximum absolute atomic E-state index is 12.3. The summed E-state index contributed by atoms with van der Waals surface area (Å²) in [6.45, 7) is 2.21. The number of rotatable bonds is 6. The van der Waals surface area contributed by atoms with Gasteiger partial charge in [-0.05, 0) is 25.5 Å². The Hall–Kier alpha value is -2.12. The maximum atomic E-state index is 12.3. The van der Waals surface area contributed by atoms with E-state index < -0.39 is 17.8 Å². The fourth-order valence-electron chi connectivity index (χ4n) is 1.47. The Bertz CT molecular complexity index is 486. The summed E-state index contributed by atoms with van der Waals surface area (Å²) in [7, 11) is 0. The van der Waals surface area contributed by atoms with E-state index in [4.69, 9.17) is 4.74 Å². The summed E-state index contributed by atoms with van der Waals surface area (Å²) in [5.74, 6) is -0.900. The van der Waals surface area contributed by atoms with Gasteiger partial charge in [-0.1, -0.05) is 0 Å². The first-order valence-electron chi connectivity index (χ1n) is 6.31. The molecule has 0 aliphatic rings. The second-order valence-electron chi connectivity index (χ2n) is 4.09. The molecule has 0 atom stereocenters. The Morgan fingerprint density at radius 3 is 2.57 bits per heavy atom. The lowest BCUT2D eigenvalue weighted by molar-refractivity contribution is -0.143. The van der Waals surface area contributed by atoms with Crippen molar-refractivity contribution in [2.75, 3.05) is 13.2 Å². The van der Waals surface area contributed by atoms with Crippen LogP contribution in [0.15, 0.2) is 18.3 Å². The van der Waals surface area contributed by atoms with Crippen molar-refractivity contribution >= 4 is 11.9 Å². The van der Waals surface area contributed by atoms with Gasteiger partial charge in [0, 0.05) is 19.2 Å². The minimum atomic E-state index is -4.53. The van der Waals surface area contributed by atoms with Crippen LogP contribution in [0.5, 0.6) is 0 Å². The zero-order valence-corrected chi connectivity index (χ0v) is 11.4. The number of aromatic nitrogens is 1. The lowest BCUT2D eigenvalue weighted by Crippen LogP contribution is -2.25. The van der Waals surface area contributed by atoms with Crippen LogP contribution in [0.1, 0.15) is 35.8 Å². The normalized spacial score (nSPS) is 11.0. The standard InChI is InChI=1S/C13H15F3N2O3/c1-2-21-11(19)4-3-7-17-12(20)9-5-6-10(18-8-9)13(14,15)16/h5-6,8H,2-4,7H2,1H3,(H,17,20). The average Bonchev–Trinajstić information content (AvgIpc) is 2.43. The molecular weight excluding hydrogens is 289 g/mol. The number of carbonyl (C=O) groups excluding carboxylic acids is 2. The molecule has 116 valence electrons. The minimum absolute atomic E-state index is 0.0270. The zero-order chi connectivity index (χ0) is 15.9. The SMILES string of the molecule is CCOC(=O)CCCNC(=O)c1ccc(C(F)(F)F)nc1. The molecule has 0 saturated heterocycles. The number of nitrogens with one attached hydrogen (secondary N) is 1. The Kier molecular flexibility index (Phi) is 6.13. The van der Waals surface area contributed by atoms with Crippen molar-refractivity contribution in [3.63, 3.8) is 0 Å². The Balaban J connectivity index is 2.41. The highest BCUT2D eigenvalue weighted by Gasteiger charge is 2.32. The molecule has 0 unspecified atom stereocenters. The van der Waals surface area contributed by atoms with E-state index >= 15 is 0 Å². The molecule has 0 aromatic carbocycles. The van der Waals surface area contributed by atoms with Crippen molar-refractivity contribution in [3.8, 4) is 0 Å². The summed E-state index contributed by atoms with van der Waals surface area (Å²) < 4.78 is 41.6. The summed E-state index contributed by atoms with van der Waals surface area (Å²) in [5.41, 5.74) is -1.03. The molecule has 0 spiro atoms. The number of hydrogen-bond acceptors (Lipinski definition) is 4. The second kappa shape index (κ2) is 7.61. The number of alkyl halides is 3. The molecule has 21 heavy (non-hydrogen) atoms. The van der Waals surface area contributed by atoms with E-state index in [1.165, 1.54) is 0 Å². The number of pyridine rings is 1. The molecule has 0 aliphatic heterocycles. The van der Waals surface area contributed by atoms with Gasteiger partial charge in [0.05, 0.1) is 12.2 Å². The Morgan fingerprint density at radius 2 is 2.05 bits per heavy atom. The number of ether oxygens (including phenoxy) is 1. The van der Waals surface area contributed by atoms with Crippen molar-refractivity contribution in [2.24, 2.45) is 0 Å². The van der Waals surface area contributed by atoms with Crippen LogP contribution in [0, 0.1) is 0 Å². The van der Waals surface area contributed by atoms with Crippen molar-refractivity contribution in [1.29, 1.82) is 0 Å². The molecule has 0 saturated carbocycles. The molecular formula is C13H15F3N2O3. The lowest BCUT2D eigenvalue weighted by atomic mass is 10.2. The monoisotopic (exact) mass is 304 g/mol. The fraction of sp³-hybridized carbons (Fsp3) is 0.462. The molecule has 5 nitrogen and oxygen atoms in total. The molecule has 1 amide bonds. The third kappa shape index (κ3) is 5.80. The van der Waals surface area contributed by atoms with Crippen LogP contribution in [0.4, 0.5) is 13.2 Å². The number of halogens is 3. The molecule has 8 heteroatoms. The molecule has 1 rings (SSSR count). The largest absolute Gasteiger partial charge is 0.466 e. The van der Waals surface area contributed by atoms with E-state index in [1.54, 1.807) is 6.92 Å². The molecule has 1 aromatic rings. The van der Waals surface area contributed by atoms with Crippen LogP contribution in [0.2, 0.25) is 0 Å². The highest BCUT2D eigenvalue weighted by atomic mass is 19.4. The highest BCUT2D eigenvalue weighted by Crippen LogP contribution is 2.27. The van der Waals surface area contributed by atoms with Gasteiger partial charge < -0.3 is 10.1 Å². The number of nitrogens with zero attached hydrogens (tertiary/aromatic N) is 1. The lowest BCUT2D eigenvalue weighted by Gasteiger charge is -2.07. The van der Waals surface area contributed by atoms with Crippen LogP contribution >= 0.6 is 0 Å². The molecule has 1 heterocycles. The van der Waals surface area contributed by atoms with Crippen LogP contribution in [0.3, 0.4) is 0 Å². The van der Waals surface area contributed by atoms with Gasteiger partial charge in [-0.25, -0.2) is 0 Å². The quantitative estimate of drug-likeness (QED) is 0.646. The highest BCUT2D eigenvalue weighted by molar-refractivity contribution is 5.93. The van der Waals surface area contributed by atoms with Crippen molar-refractivity contribution in [1.82, 2.24) is 10.3 Å². The molecule has 1 N–H and O–H groups in total. The summed E-state index contributed by atoms with van der Waals surface area (Å²) in [4.78, 5) is 25.9. The van der Waals surface area contributed by atoms with Crippen LogP contribution in [0.25, 0.3) is 0 Å². The van der Waals surface area contributed by atoms with Gasteiger partial charge in [-0.15, -0.1) is 0 Å². The van der Waals surface area contributed by atoms with Gasteiger partial charge in [-0.3, -0.25) is 14.6 Å². The summed E-state index contributed by atoms with van der Waals surface area (Å²) in [5, 5.41) is 2.49. The van der Waals surface area contributed by atoms with Crippen LogP contribution in [-0.4, -0.2) is 30.0 Å². The van der Waals surface area contributed by atoms with E-state index in [1.807, 2.05) is 0 Å². The van der Waals surface area contributed by atoms with Crippen LogP contribution < -0.4 is 5.32 Å². The first-order chi connectivity index (χ1) is 9.84. The third-order valence-corrected chi connectivity index (χ3v) is 2.46. The summed E-state index contributed by atoms with van der Waals surface area (Å²) in [6, 6.07) is 1.80. The fourth-order valence-corrected chi connectivity index (χ4v) is 1.47. The van der Waals surface area contributed by atoms with E-state index in [-0.39, 0.29) is 24.5 Å². The van der Waals surface area contributed by atoms with Gasteiger partial charge in [0.2, 0.25) is 0 Å². The van der Waals surface area contributed by atoms with E-state index in [0.29, 0.717) is 13.0 Å². The predicted octanol–water partition coefficient (Wildman–Crippen LogP) is 2.17. The first kappa shape index (κ1) is 16.9. The number of esters is 1. The average molecular weight is 304 g/mol. The molecule has 0 fully saturated rings. The topological polar surface area (TPSA) is 68.3 Å². The van der Waals surface area contributed by atoms with Crippen molar-refractivity contribution < 1.29 is 27.5 Å². The van der Waals surface area contributed by atoms with Gasteiger partial charge in [0.15, 0.2) is 0 Å². The number of carbonyl (C=O) groups is 2. The minimum Gasteiger partial charge on any atom is -0.466 e. The van der Waals surface area contributed by atoms with Gasteiger partial charge >= 0.3 is 12.1 Å². The van der Waals surface area contributed by atoms with Gasteiger partial charge in [0.1, 0.15) is 5.69 Å². The Labute approximate surface area is 119 Å². The second-order valence-corrected chi connectivity index (χ2v) is 4.09. The molecule has 0 aliphatic carbocycles. The van der Waals surface area contributed by atoms with E-state index in [2.05, 4.69) is 10.3 Å². The van der Waals surface area contributed by atoms with E-state index in [9.17, 15) is 22.8 Å². The van der Waals surface area contributed by atoms with Crippen LogP contribution in [-0.2, 0) is 15.7 Å². The maximum Gasteiger partial charge on any atom is 0.433 e. The van der Waals surface area contributed by atoms with Gasteiger partial charge in [0.25, 0.3) is 5.91 Å². The Morgan fingerprint density at radius 1 is 1.33 bits per heavy atom. The predicted molar refractivity (Wildman–Crippen MR) is 67.4 cm³/mol. The van der Waals surface area contributed by atoms with Gasteiger partial charge in [-0.2, -0.15) is 13.2 Å². The van der Waals surface area contributed by atoms with Crippen molar-refractivity contribution in [3.05, 3.63) is 29.6 Å². The number of hydrogen-bond donors (Lipinski definition) is 1. The first-order valence-corrected chi connectivity index (χ1v) is 6.31. The zero-order valence-electron chi connectivity index (χ0n) is 11.4. The molecule has 0 radical (unpaired) electrons. The smallest absolute Gasteiger partial charge is 0.433 e. The molecule has 1 aromatic heterocycles. The third-order valence-electron chi connectivity index (χ3n) is 2.46. The summed E-state index contributed by atoms with van der Waals surface area (Å²) >= 11 is 0. The van der Waals surface area contributed by atoms with Crippen molar-refractivity contribution in [2.45, 2.75) is 25.9 Å². The van der Waals surface area contributed by atoms with E-state index in [0.717, 1.165) is 18.3 Å². The molecule has 0 bridgehead atoms. The number of amides is 1.